The Kier molecular flexibility index (Phi) is 8.54. The summed E-state index contributed by atoms with van der Waals surface area (Å²) in [6.45, 7) is 0. The van der Waals surface area contributed by atoms with Gasteiger partial charge in [0.15, 0.2) is 17.5 Å². The molecular weight excluding hydrogens is 693 g/mol. The Morgan fingerprint density at radius 2 is 0.947 bits per heavy atom. The first-order chi connectivity index (χ1) is 28.2. The van der Waals surface area contributed by atoms with Gasteiger partial charge in [0, 0.05) is 16.7 Å². The molecule has 2 aliphatic carbocycles. The Balaban J connectivity index is 1.21. The van der Waals surface area contributed by atoms with Gasteiger partial charge in [-0.05, 0) is 105 Å². The standard InChI is InChI=1S/C53H36N4/c54-35-36-25-27-37(28-26-36)41-31-42(33-43(32-41)52-56-50(38-15-5-1-6-16-38)55-51(57-52)39-17-7-2-8-18-39)40-29-30-47-46-23-13-14-24-48(46)53(49(47)34-40,44-19-9-3-10-20-44)45-21-11-4-12-22-45/h1-13,15-23,25-34H,14,24H2. The molecule has 8 aromatic rings. The summed E-state index contributed by atoms with van der Waals surface area (Å²) in [5, 5.41) is 9.61. The van der Waals surface area contributed by atoms with Crippen molar-refractivity contribution in [2.75, 3.05) is 0 Å². The molecule has 0 radical (unpaired) electrons. The largest absolute Gasteiger partial charge is 0.208 e. The van der Waals surface area contributed by atoms with Crippen LogP contribution in [-0.4, -0.2) is 15.0 Å². The molecule has 268 valence electrons. The van der Waals surface area contributed by atoms with Crippen LogP contribution in [0.5, 0.6) is 0 Å². The van der Waals surface area contributed by atoms with E-state index in [2.05, 4.69) is 115 Å². The van der Waals surface area contributed by atoms with Crippen LogP contribution < -0.4 is 0 Å². The van der Waals surface area contributed by atoms with E-state index >= 15 is 0 Å². The summed E-state index contributed by atoms with van der Waals surface area (Å²) < 4.78 is 0. The second-order valence-electron chi connectivity index (χ2n) is 14.6. The Labute approximate surface area is 332 Å². The minimum atomic E-state index is -0.440. The molecule has 7 aromatic carbocycles. The van der Waals surface area contributed by atoms with Crippen LogP contribution in [0.1, 0.15) is 40.7 Å². The maximum absolute atomic E-state index is 9.61. The third-order valence-electron chi connectivity index (χ3n) is 11.3. The first kappa shape index (κ1) is 34.0. The van der Waals surface area contributed by atoms with Gasteiger partial charge >= 0.3 is 0 Å². The second-order valence-corrected chi connectivity index (χ2v) is 14.6. The first-order valence-corrected chi connectivity index (χ1v) is 19.4. The summed E-state index contributed by atoms with van der Waals surface area (Å²) in [6.07, 6.45) is 6.66. The molecule has 0 N–H and O–H groups in total. The molecule has 0 saturated carbocycles. The predicted octanol–water partition coefficient (Wildman–Crippen LogP) is 12.5. The van der Waals surface area contributed by atoms with Crippen LogP contribution in [0.3, 0.4) is 0 Å². The molecule has 0 amide bonds. The third kappa shape index (κ3) is 5.98. The van der Waals surface area contributed by atoms with Crippen molar-refractivity contribution < 1.29 is 0 Å². The highest BCUT2D eigenvalue weighted by molar-refractivity contribution is 5.92. The molecule has 0 atom stereocenters. The Morgan fingerprint density at radius 3 is 1.51 bits per heavy atom. The van der Waals surface area contributed by atoms with Gasteiger partial charge in [-0.15, -0.1) is 0 Å². The minimum absolute atomic E-state index is 0.440. The fourth-order valence-corrected chi connectivity index (χ4v) is 8.70. The second kappa shape index (κ2) is 14.3. The van der Waals surface area contributed by atoms with Crippen LogP contribution in [-0.2, 0) is 5.41 Å². The van der Waals surface area contributed by atoms with Gasteiger partial charge in [0.2, 0.25) is 0 Å². The highest BCUT2D eigenvalue weighted by Gasteiger charge is 2.47. The molecule has 0 fully saturated rings. The average molecular weight is 729 g/mol. The molecule has 10 rings (SSSR count). The van der Waals surface area contributed by atoms with E-state index in [0.29, 0.717) is 23.0 Å². The van der Waals surface area contributed by atoms with Crippen molar-refractivity contribution in [2.45, 2.75) is 18.3 Å². The smallest absolute Gasteiger partial charge is 0.164 e. The monoisotopic (exact) mass is 728 g/mol. The number of aromatic nitrogens is 3. The minimum Gasteiger partial charge on any atom is -0.208 e. The van der Waals surface area contributed by atoms with Crippen LogP contribution in [0, 0.1) is 11.3 Å². The first-order valence-electron chi connectivity index (χ1n) is 19.4. The van der Waals surface area contributed by atoms with Crippen molar-refractivity contribution in [3.05, 3.63) is 228 Å². The van der Waals surface area contributed by atoms with Gasteiger partial charge in [-0.3, -0.25) is 0 Å². The topological polar surface area (TPSA) is 62.5 Å². The van der Waals surface area contributed by atoms with E-state index in [1.165, 1.54) is 33.4 Å². The SMILES string of the molecule is N#Cc1ccc(-c2cc(-c3ccc4c(c3)C(c3ccccc3)(c3ccccc3)C3=C4C=CCC3)cc(-c3nc(-c4ccccc4)nc(-c4ccccc4)n3)c2)cc1. The van der Waals surface area contributed by atoms with Crippen molar-refractivity contribution in [1.82, 2.24) is 15.0 Å². The molecule has 0 spiro atoms. The van der Waals surface area contributed by atoms with E-state index in [4.69, 9.17) is 15.0 Å². The number of nitriles is 1. The normalized spacial score (nSPS) is 13.8. The van der Waals surface area contributed by atoms with E-state index in [0.717, 1.165) is 51.8 Å². The fraction of sp³-hybridized carbons (Fsp3) is 0.0566. The quantitative estimate of drug-likeness (QED) is 0.164. The Bertz CT molecular complexity index is 2770. The summed E-state index contributed by atoms with van der Waals surface area (Å²) in [6, 6.07) is 65.8. The Morgan fingerprint density at radius 1 is 0.456 bits per heavy atom. The van der Waals surface area contributed by atoms with E-state index in [9.17, 15) is 5.26 Å². The van der Waals surface area contributed by atoms with Crippen molar-refractivity contribution >= 4 is 5.57 Å². The molecule has 0 saturated heterocycles. The zero-order valence-corrected chi connectivity index (χ0v) is 31.2. The highest BCUT2D eigenvalue weighted by atomic mass is 15.0. The number of hydrogen-bond donors (Lipinski definition) is 0. The number of hydrogen-bond acceptors (Lipinski definition) is 4. The summed E-state index contributed by atoms with van der Waals surface area (Å²) >= 11 is 0. The van der Waals surface area contributed by atoms with Gasteiger partial charge in [-0.25, -0.2) is 15.0 Å². The number of nitrogens with zero attached hydrogens (tertiary/aromatic N) is 4. The van der Waals surface area contributed by atoms with Crippen molar-refractivity contribution in [3.63, 3.8) is 0 Å². The van der Waals surface area contributed by atoms with Gasteiger partial charge in [-0.2, -0.15) is 5.26 Å². The molecule has 0 unspecified atom stereocenters. The summed E-state index contributed by atoms with van der Waals surface area (Å²) in [5.41, 5.74) is 15.0. The average Bonchev–Trinajstić information content (AvgIpc) is 3.60. The third-order valence-corrected chi connectivity index (χ3v) is 11.3. The molecule has 0 aliphatic heterocycles. The van der Waals surface area contributed by atoms with Crippen LogP contribution in [0.4, 0.5) is 0 Å². The fourth-order valence-electron chi connectivity index (χ4n) is 8.70. The molecule has 0 bridgehead atoms. The molecule has 2 aliphatic rings. The van der Waals surface area contributed by atoms with E-state index in [1.807, 2.05) is 84.9 Å². The number of benzene rings is 7. The van der Waals surface area contributed by atoms with Gasteiger partial charge in [0.05, 0.1) is 17.0 Å². The zero-order chi connectivity index (χ0) is 38.2. The maximum atomic E-state index is 9.61. The number of fused-ring (bicyclic) bond motifs is 2. The lowest BCUT2D eigenvalue weighted by Crippen LogP contribution is -2.30. The summed E-state index contributed by atoms with van der Waals surface area (Å²) in [7, 11) is 0. The molecule has 4 heteroatoms. The number of rotatable bonds is 7. The lowest BCUT2D eigenvalue weighted by atomic mass is 9.65. The maximum Gasteiger partial charge on any atom is 0.164 e. The lowest BCUT2D eigenvalue weighted by Gasteiger charge is -2.36. The van der Waals surface area contributed by atoms with Crippen molar-refractivity contribution in [3.8, 4) is 62.5 Å². The van der Waals surface area contributed by atoms with Crippen LogP contribution in [0.25, 0.3) is 62.0 Å². The van der Waals surface area contributed by atoms with Crippen LogP contribution in [0.2, 0.25) is 0 Å². The molecule has 1 aromatic heterocycles. The molecule has 4 nitrogen and oxygen atoms in total. The van der Waals surface area contributed by atoms with Gasteiger partial charge in [0.25, 0.3) is 0 Å². The Hall–Kier alpha value is -7.48. The van der Waals surface area contributed by atoms with E-state index in [-0.39, 0.29) is 0 Å². The van der Waals surface area contributed by atoms with Gasteiger partial charge in [0.1, 0.15) is 0 Å². The molecule has 1 heterocycles. The number of allylic oxidation sites excluding steroid dienone is 4. The van der Waals surface area contributed by atoms with Crippen molar-refractivity contribution in [2.24, 2.45) is 0 Å². The summed E-state index contributed by atoms with van der Waals surface area (Å²) in [4.78, 5) is 15.2. The van der Waals surface area contributed by atoms with E-state index < -0.39 is 5.41 Å². The highest BCUT2D eigenvalue weighted by Crippen LogP contribution is 2.57. The van der Waals surface area contributed by atoms with E-state index in [1.54, 1.807) is 0 Å². The van der Waals surface area contributed by atoms with Gasteiger partial charge < -0.3 is 0 Å². The predicted molar refractivity (Wildman–Crippen MR) is 230 cm³/mol. The van der Waals surface area contributed by atoms with Crippen LogP contribution >= 0.6 is 0 Å². The summed E-state index contributed by atoms with van der Waals surface area (Å²) in [5.74, 6) is 1.82. The molecular formula is C53H36N4. The zero-order valence-electron chi connectivity index (χ0n) is 31.2. The van der Waals surface area contributed by atoms with Crippen molar-refractivity contribution in [1.29, 1.82) is 5.26 Å². The lowest BCUT2D eigenvalue weighted by molar-refractivity contribution is 0.697. The van der Waals surface area contributed by atoms with Gasteiger partial charge in [-0.1, -0.05) is 158 Å². The van der Waals surface area contributed by atoms with Crippen LogP contribution in [0.15, 0.2) is 200 Å². The molecule has 57 heavy (non-hydrogen) atoms.